The molecular weight excluding hydrogens is 2560 g/mol. The number of aryl methyl sites for hydroxylation is 8. The maximum atomic E-state index is 6.06. The molecule has 12 aromatic carbocycles. The van der Waals surface area contributed by atoms with Crippen molar-refractivity contribution >= 4 is 95.1 Å². The Labute approximate surface area is 904 Å². The van der Waals surface area contributed by atoms with Crippen molar-refractivity contribution in [2.24, 2.45) is 0 Å². The molecule has 12 heterocycles. The normalized spacial score (nSPS) is 15.5. The van der Waals surface area contributed by atoms with E-state index in [0.717, 1.165) is 77.8 Å². The van der Waals surface area contributed by atoms with Gasteiger partial charge in [0.1, 0.15) is 32.3 Å². The minimum Gasteiger partial charge on any atom is -0.460 e. The molecule has 0 aliphatic carbocycles. The van der Waals surface area contributed by atoms with Gasteiger partial charge < -0.3 is 18.9 Å². The number of hydrogen-bond acceptors (Lipinski definition) is 12. The van der Waals surface area contributed by atoms with Crippen LogP contribution in [0, 0.1) is 104 Å². The maximum Gasteiger partial charge on any atom is 2.00 e. The van der Waals surface area contributed by atoms with E-state index in [1.807, 2.05) is 149 Å². The Kier molecular flexibility index (Phi) is 30.7. The molecule has 4 aliphatic heterocycles. The van der Waals surface area contributed by atoms with Crippen LogP contribution in [-0.4, -0.2) is 72.2 Å². The van der Waals surface area contributed by atoms with Gasteiger partial charge in [0.2, 0.25) is 23.5 Å². The van der Waals surface area contributed by atoms with Gasteiger partial charge in [0.05, 0.1) is 0 Å². The number of ether oxygens (including phenoxy) is 4. The summed E-state index contributed by atoms with van der Waals surface area (Å²) in [6.45, 7) is 26.1. The van der Waals surface area contributed by atoms with Gasteiger partial charge in [-0.2, -0.15) is 97.1 Å². The van der Waals surface area contributed by atoms with Gasteiger partial charge in [-0.1, -0.05) is 191 Å². The Bertz CT molecular complexity index is 8220. The average Bonchev–Trinajstić information content (AvgIpc) is 1.58. The van der Waals surface area contributed by atoms with Crippen molar-refractivity contribution in [1.29, 1.82) is 0 Å². The van der Waals surface area contributed by atoms with Crippen LogP contribution in [0.4, 0.5) is 0 Å². The van der Waals surface area contributed by atoms with E-state index in [1.165, 1.54) is 119 Å². The van der Waals surface area contributed by atoms with Gasteiger partial charge in [-0.3, -0.25) is 19.9 Å². The van der Waals surface area contributed by atoms with Crippen LogP contribution in [0.2, 0.25) is 26.2 Å². The van der Waals surface area contributed by atoms with Gasteiger partial charge in [0.25, 0.3) is 0 Å². The fourth-order valence-electron chi connectivity index (χ4n) is 20.1. The summed E-state index contributed by atoms with van der Waals surface area (Å²) in [5.41, 5.74) is 27.0. The van der Waals surface area contributed by atoms with Gasteiger partial charge >= 0.3 is 84.3 Å². The summed E-state index contributed by atoms with van der Waals surface area (Å²) >= 11 is 0. The van der Waals surface area contributed by atoms with Crippen molar-refractivity contribution in [2.45, 2.75) is 81.6 Å². The van der Waals surface area contributed by atoms with E-state index in [1.54, 1.807) is 24.8 Å². The second kappa shape index (κ2) is 43.3. The number of hydrogen-bond donors (Lipinski definition) is 0. The first kappa shape index (κ1) is 102. The van der Waals surface area contributed by atoms with Crippen molar-refractivity contribution in [3.05, 3.63) is 458 Å². The Hall–Kier alpha value is -13.3. The van der Waals surface area contributed by atoms with Gasteiger partial charge in [0, 0.05) is 117 Å². The van der Waals surface area contributed by atoms with Crippen LogP contribution in [0.5, 0.6) is 46.5 Å². The van der Waals surface area contributed by atoms with Gasteiger partial charge in [0.15, 0.2) is 0 Å². The third-order valence-corrected chi connectivity index (χ3v) is 44.3. The van der Waals surface area contributed by atoms with Crippen LogP contribution in [0.25, 0.3) is 89.0 Å². The third kappa shape index (κ3) is 19.9. The Morgan fingerprint density at radius 1 is 0.222 bits per heavy atom. The van der Waals surface area contributed by atoms with Crippen molar-refractivity contribution in [3.63, 3.8) is 0 Å². The minimum absolute atomic E-state index is 0. The third-order valence-electron chi connectivity index (χ3n) is 27.3. The van der Waals surface area contributed by atoms with Crippen molar-refractivity contribution in [1.82, 2.24) is 39.9 Å². The molecule has 4 atom stereocenters. The number of benzene rings is 12. The molecular formula is C124H96N8O4Pt4Si4. The van der Waals surface area contributed by atoms with Crippen LogP contribution >= 0.6 is 0 Å². The van der Waals surface area contributed by atoms with Crippen molar-refractivity contribution in [2.75, 3.05) is 0 Å². The van der Waals surface area contributed by atoms with Crippen LogP contribution in [-0.2, 0) is 84.3 Å². The largest absolute Gasteiger partial charge is 2.00 e. The molecule has 0 bridgehead atoms. The number of nitrogens with zero attached hydrogens (tertiary/aromatic N) is 8. The molecule has 0 saturated heterocycles. The SMILES string of the molecule is Cc1ccc([Si]2(C)c3[c-]c(-c4[c-]c(Oc5cc(C)ccn5)ccc4)ccc3-c3ccccc32)nc1.Cc1ccnc(Oc2[c-]c(-c3[c-]c4c(cc3)-c3ccccc3[Si]4(C)c3cccc(C)n3)ccc2)c1.Cc1ccnc(Oc2[c-]c(-c3[c-]c4c(cc3)-c3ccccc3[Si]4(C)c3ncccc3C)ccc2)c1.Cc1ccnc([Si]2(C)c3[c-]c(-c4[c-]c(Oc5ncccc5C)ccc4)ccc3-c3ccccc32)c1.[Pt+2].[Pt+2].[Pt+2].[Pt+2]. The van der Waals surface area contributed by atoms with Gasteiger partial charge in [-0.25, -0.2) is 64.4 Å². The van der Waals surface area contributed by atoms with E-state index in [-0.39, 0.29) is 84.3 Å². The zero-order valence-electron chi connectivity index (χ0n) is 81.1. The summed E-state index contributed by atoms with van der Waals surface area (Å²) < 4.78 is 24.1. The molecule has 24 rings (SSSR count). The monoisotopic (exact) mass is 2650 g/mol. The molecule has 20 aromatic rings. The molecule has 0 amide bonds. The average molecular weight is 2650 g/mol. The Morgan fingerprint density at radius 2 is 0.562 bits per heavy atom. The first-order chi connectivity index (χ1) is 68.1. The second-order valence-corrected chi connectivity index (χ2v) is 52.0. The first-order valence-electron chi connectivity index (χ1n) is 47.0. The quantitative estimate of drug-likeness (QED) is 0.0672. The fraction of sp³-hybridized carbons (Fsp3) is 0.0968. The molecule has 8 aromatic heterocycles. The molecule has 144 heavy (non-hydrogen) atoms. The fourth-order valence-corrected chi connectivity index (χ4v) is 36.2. The van der Waals surface area contributed by atoms with Gasteiger partial charge in [-0.15, -0.1) is 116 Å². The van der Waals surface area contributed by atoms with E-state index in [2.05, 4.69) is 341 Å². The summed E-state index contributed by atoms with van der Waals surface area (Å²) in [7, 11) is -9.21. The maximum absolute atomic E-state index is 6.06. The standard InChI is InChI=1S/4C31H24N2OSi.4Pt/c1-21-15-17-32-30(18-21)35(3)28-12-5-4-11-26(28)27-14-13-24(20-29(27)35)23-9-6-10-25(19-23)34-31-22(2)8-7-16-33-31;1-21-15-17-32-30(18-21)34-25-10-6-9-23(19-25)24-13-14-27-26-11-4-5-12-28(26)35(3,29(27)20-24)31-22(2)8-7-16-33-31;1-21-16-17-32-30(18-21)34-25-10-7-9-23(19-25)24-14-15-27-26-11-4-5-12-28(26)35(3,29(27)20-24)31-13-6-8-22(2)33-31;1-21-15-16-32-30(17-21)34-25-8-6-7-23(18-25)24-12-13-27-26-9-4-5-10-28(26)35(3,29(27)19-24)31-14-11-22(2)20-33-31;;;;/h3*4-18H,1-3H3;4-17,20H,1-3H3;;;;/q4*-2;4*+2. The van der Waals surface area contributed by atoms with Crippen LogP contribution in [0.1, 0.15) is 44.6 Å². The van der Waals surface area contributed by atoms with Crippen molar-refractivity contribution < 1.29 is 103 Å². The number of rotatable bonds is 16. The number of aromatic nitrogens is 8. The molecule has 0 fully saturated rings. The van der Waals surface area contributed by atoms with Crippen molar-refractivity contribution in [3.8, 4) is 136 Å². The molecule has 712 valence electrons. The molecule has 0 spiro atoms. The van der Waals surface area contributed by atoms with E-state index >= 15 is 0 Å². The van der Waals surface area contributed by atoms with E-state index < -0.39 is 32.3 Å². The summed E-state index contributed by atoms with van der Waals surface area (Å²) in [5.74, 6) is 4.85. The second-order valence-electron chi connectivity index (χ2n) is 36.9. The Balaban J connectivity index is 0.000000130. The summed E-state index contributed by atoms with van der Waals surface area (Å²) in [6, 6.07) is 140. The molecule has 0 saturated carbocycles. The van der Waals surface area contributed by atoms with E-state index in [0.29, 0.717) is 46.5 Å². The molecule has 20 heteroatoms. The summed E-state index contributed by atoms with van der Waals surface area (Å²) in [6.07, 6.45) is 12.8. The predicted octanol–water partition coefficient (Wildman–Crippen LogP) is 20.9. The topological polar surface area (TPSA) is 140 Å². The number of pyridine rings is 8. The van der Waals surface area contributed by atoms with E-state index in [4.69, 9.17) is 38.9 Å². The zero-order valence-corrected chi connectivity index (χ0v) is 94.2. The first-order valence-corrected chi connectivity index (χ1v) is 57.0. The molecule has 4 aliphatic rings. The Morgan fingerprint density at radius 3 is 0.938 bits per heavy atom. The van der Waals surface area contributed by atoms with Crippen LogP contribution in [0.15, 0.2) is 365 Å². The molecule has 0 N–H and O–H groups in total. The zero-order chi connectivity index (χ0) is 96.0. The minimum atomic E-state index is -2.32. The summed E-state index contributed by atoms with van der Waals surface area (Å²) in [4.78, 5) is 37.0. The molecule has 12 nitrogen and oxygen atoms in total. The number of fused-ring (bicyclic) bond motifs is 12. The van der Waals surface area contributed by atoms with Crippen LogP contribution in [0.3, 0.4) is 0 Å². The molecule has 0 radical (unpaired) electrons. The van der Waals surface area contributed by atoms with Crippen LogP contribution < -0.4 is 81.7 Å². The predicted molar refractivity (Wildman–Crippen MR) is 574 cm³/mol. The summed E-state index contributed by atoms with van der Waals surface area (Å²) in [5, 5.41) is 15.4. The van der Waals surface area contributed by atoms with Gasteiger partial charge in [-0.05, 0) is 149 Å². The van der Waals surface area contributed by atoms with E-state index in [9.17, 15) is 0 Å². The molecule has 4 unspecified atom stereocenters. The smallest absolute Gasteiger partial charge is 0.460 e.